The highest BCUT2D eigenvalue weighted by atomic mass is 16.3. The number of para-hydroxylation sites is 2. The van der Waals surface area contributed by atoms with Crippen LogP contribution < -0.4 is 4.57 Å². The topological polar surface area (TPSA) is 30.2 Å². The van der Waals surface area contributed by atoms with Gasteiger partial charge in [-0.05, 0) is 18.2 Å². The first-order chi connectivity index (χ1) is 12.0. The summed E-state index contributed by atoms with van der Waals surface area (Å²) in [7, 11) is 2.11. The highest BCUT2D eigenvalue weighted by Gasteiger charge is 2.35. The average molecular weight is 330 g/mol. The van der Waals surface area contributed by atoms with Crippen molar-refractivity contribution in [2.75, 3.05) is 0 Å². The molecule has 0 bridgehead atoms. The molecule has 124 valence electrons. The Morgan fingerprint density at radius 3 is 2.00 bits per heavy atom. The highest BCUT2D eigenvalue weighted by Crippen LogP contribution is 2.41. The molecule has 0 saturated heterocycles. The van der Waals surface area contributed by atoms with E-state index in [9.17, 15) is 0 Å². The van der Waals surface area contributed by atoms with E-state index in [1.807, 2.05) is 24.3 Å². The summed E-state index contributed by atoms with van der Waals surface area (Å²) >= 11 is 0. The first-order valence-corrected chi connectivity index (χ1v) is 8.62. The quantitative estimate of drug-likeness (QED) is 0.346. The summed E-state index contributed by atoms with van der Waals surface area (Å²) < 4.78 is 14.9. The van der Waals surface area contributed by atoms with Crippen LogP contribution in [0.5, 0.6) is 0 Å². The van der Waals surface area contributed by atoms with E-state index in [2.05, 4.69) is 56.7 Å². The lowest BCUT2D eigenvalue weighted by molar-refractivity contribution is -0.654. The van der Waals surface area contributed by atoms with Crippen molar-refractivity contribution >= 4 is 44.0 Å². The van der Waals surface area contributed by atoms with E-state index in [0.717, 1.165) is 44.0 Å². The van der Waals surface area contributed by atoms with Gasteiger partial charge in [0.1, 0.15) is 18.2 Å². The molecular weight excluding hydrogens is 310 g/mol. The van der Waals surface area contributed by atoms with E-state index in [-0.39, 0.29) is 5.41 Å². The molecule has 0 amide bonds. The van der Waals surface area contributed by atoms with Crippen molar-refractivity contribution < 1.29 is 13.4 Å². The number of rotatable bonds is 0. The lowest BCUT2D eigenvalue weighted by atomic mass is 9.89. The Morgan fingerprint density at radius 2 is 1.32 bits per heavy atom. The normalized spacial score (nSPS) is 12.8. The number of fused-ring (bicyclic) bond motifs is 7. The summed E-state index contributed by atoms with van der Waals surface area (Å²) in [6.07, 6.45) is 0. The van der Waals surface area contributed by atoms with Gasteiger partial charge in [-0.2, -0.15) is 4.57 Å². The summed E-state index contributed by atoms with van der Waals surface area (Å²) in [5.74, 6) is 0. The highest BCUT2D eigenvalue weighted by molar-refractivity contribution is 6.19. The van der Waals surface area contributed by atoms with Crippen LogP contribution in [-0.2, 0) is 12.5 Å². The van der Waals surface area contributed by atoms with Crippen molar-refractivity contribution in [2.45, 2.75) is 26.2 Å². The van der Waals surface area contributed by atoms with Gasteiger partial charge in [-0.1, -0.05) is 51.1 Å². The first kappa shape index (κ1) is 14.5. The molecule has 5 aromatic rings. The molecule has 0 atom stereocenters. The Morgan fingerprint density at radius 1 is 0.760 bits per heavy atom. The zero-order valence-electron chi connectivity index (χ0n) is 14.9. The van der Waals surface area contributed by atoms with Gasteiger partial charge in [-0.15, -0.1) is 0 Å². The number of hydrogen-bond acceptors (Lipinski definition) is 2. The molecule has 0 unspecified atom stereocenters. The molecule has 3 heteroatoms. The predicted molar refractivity (Wildman–Crippen MR) is 101 cm³/mol. The van der Waals surface area contributed by atoms with E-state index in [4.69, 9.17) is 8.83 Å². The van der Waals surface area contributed by atoms with Crippen molar-refractivity contribution in [3.05, 3.63) is 54.2 Å². The van der Waals surface area contributed by atoms with Gasteiger partial charge in [0.15, 0.2) is 0 Å². The average Bonchev–Trinajstić information content (AvgIpc) is 3.11. The minimum atomic E-state index is -0.0621. The Bertz CT molecular complexity index is 1280. The van der Waals surface area contributed by atoms with Gasteiger partial charge in [-0.25, -0.2) is 0 Å². The standard InChI is InChI=1S/C22H20NO2/c1-22(2,3)21-20-17(13-9-5-7-11-15(13)25-20)19-18(23(21)4)14-10-6-8-12-16(14)24-19/h5-12H,1-4H3/q+1. The predicted octanol–water partition coefficient (Wildman–Crippen LogP) is 5.61. The summed E-state index contributed by atoms with van der Waals surface area (Å²) in [4.78, 5) is 0. The fourth-order valence-electron chi connectivity index (χ4n) is 4.08. The molecule has 25 heavy (non-hydrogen) atoms. The van der Waals surface area contributed by atoms with Crippen LogP contribution in [0.15, 0.2) is 57.4 Å². The van der Waals surface area contributed by atoms with Gasteiger partial charge in [0.25, 0.3) is 5.52 Å². The fourth-order valence-corrected chi connectivity index (χ4v) is 4.08. The Hall–Kier alpha value is -2.81. The zero-order valence-corrected chi connectivity index (χ0v) is 14.9. The maximum Gasteiger partial charge on any atom is 0.260 e. The van der Waals surface area contributed by atoms with Gasteiger partial charge in [0.05, 0.1) is 16.2 Å². The second kappa shape index (κ2) is 4.63. The molecule has 3 heterocycles. The zero-order chi connectivity index (χ0) is 17.3. The molecule has 3 aromatic heterocycles. The third-order valence-electron chi connectivity index (χ3n) is 4.99. The number of nitrogens with zero attached hydrogens (tertiary/aromatic N) is 1. The fraction of sp³-hybridized carbons (Fsp3) is 0.227. The third kappa shape index (κ3) is 1.84. The SMILES string of the molecule is C[n+]1c(C(C)(C)C)c2oc3ccccc3c2c2oc3ccccc3c21. The van der Waals surface area contributed by atoms with E-state index in [1.54, 1.807) is 0 Å². The lowest BCUT2D eigenvalue weighted by Crippen LogP contribution is -2.40. The van der Waals surface area contributed by atoms with Gasteiger partial charge in [0, 0.05) is 5.39 Å². The molecule has 5 rings (SSSR count). The Labute approximate surface area is 145 Å². The van der Waals surface area contributed by atoms with Crippen LogP contribution in [0.25, 0.3) is 44.0 Å². The number of furan rings is 2. The van der Waals surface area contributed by atoms with E-state index >= 15 is 0 Å². The molecular formula is C22H20NO2+. The number of pyridine rings is 1. The van der Waals surface area contributed by atoms with Crippen molar-refractivity contribution in [3.63, 3.8) is 0 Å². The van der Waals surface area contributed by atoms with Crippen LogP contribution in [0.3, 0.4) is 0 Å². The second-order valence-electron chi connectivity index (χ2n) is 7.74. The molecule has 3 nitrogen and oxygen atoms in total. The third-order valence-corrected chi connectivity index (χ3v) is 4.99. The van der Waals surface area contributed by atoms with Gasteiger partial charge in [0.2, 0.25) is 16.9 Å². The molecule has 2 aromatic carbocycles. The molecule has 0 saturated carbocycles. The molecule has 0 N–H and O–H groups in total. The van der Waals surface area contributed by atoms with Crippen molar-refractivity contribution in [2.24, 2.45) is 7.05 Å². The van der Waals surface area contributed by atoms with Gasteiger partial charge in [-0.3, -0.25) is 0 Å². The van der Waals surface area contributed by atoms with Crippen molar-refractivity contribution in [1.82, 2.24) is 0 Å². The van der Waals surface area contributed by atoms with Crippen LogP contribution in [0.1, 0.15) is 26.5 Å². The maximum atomic E-state index is 6.31. The van der Waals surface area contributed by atoms with E-state index in [1.165, 1.54) is 5.69 Å². The summed E-state index contributed by atoms with van der Waals surface area (Å²) in [5, 5.41) is 3.31. The molecule has 0 aliphatic carbocycles. The summed E-state index contributed by atoms with van der Waals surface area (Å²) in [6, 6.07) is 16.4. The minimum Gasteiger partial charge on any atom is -0.449 e. The van der Waals surface area contributed by atoms with E-state index in [0.29, 0.717) is 0 Å². The lowest BCUT2D eigenvalue weighted by Gasteiger charge is -2.16. The number of aryl methyl sites for hydroxylation is 1. The van der Waals surface area contributed by atoms with Crippen LogP contribution >= 0.6 is 0 Å². The molecule has 0 fully saturated rings. The minimum absolute atomic E-state index is 0.0621. The molecule has 0 spiro atoms. The van der Waals surface area contributed by atoms with E-state index < -0.39 is 0 Å². The number of benzene rings is 2. The summed E-state index contributed by atoms with van der Waals surface area (Å²) in [6.45, 7) is 6.68. The van der Waals surface area contributed by atoms with Gasteiger partial charge >= 0.3 is 0 Å². The summed E-state index contributed by atoms with van der Waals surface area (Å²) in [5.41, 5.74) is 5.87. The number of hydrogen-bond donors (Lipinski definition) is 0. The van der Waals surface area contributed by atoms with Crippen LogP contribution in [-0.4, -0.2) is 0 Å². The Kier molecular flexibility index (Phi) is 2.69. The molecule has 0 radical (unpaired) electrons. The van der Waals surface area contributed by atoms with Crippen molar-refractivity contribution in [3.8, 4) is 0 Å². The molecule has 0 aliphatic heterocycles. The first-order valence-electron chi connectivity index (χ1n) is 8.62. The van der Waals surface area contributed by atoms with Crippen LogP contribution in [0, 0.1) is 0 Å². The van der Waals surface area contributed by atoms with Crippen LogP contribution in [0.2, 0.25) is 0 Å². The monoisotopic (exact) mass is 330 g/mol. The van der Waals surface area contributed by atoms with Crippen molar-refractivity contribution in [1.29, 1.82) is 0 Å². The second-order valence-corrected chi connectivity index (χ2v) is 7.74. The number of aromatic nitrogens is 1. The largest absolute Gasteiger partial charge is 0.449 e. The molecule has 0 aliphatic rings. The van der Waals surface area contributed by atoms with Crippen LogP contribution in [0.4, 0.5) is 0 Å². The smallest absolute Gasteiger partial charge is 0.260 e. The Balaban J connectivity index is 2.18. The maximum absolute atomic E-state index is 6.31. The van der Waals surface area contributed by atoms with Gasteiger partial charge < -0.3 is 8.83 Å².